The van der Waals surface area contributed by atoms with Crippen LogP contribution in [0.1, 0.15) is 37.2 Å². The molecule has 0 saturated carbocycles. The van der Waals surface area contributed by atoms with E-state index in [-0.39, 0.29) is 12.1 Å². The lowest BCUT2D eigenvalue weighted by Gasteiger charge is -2.12. The lowest BCUT2D eigenvalue weighted by Crippen LogP contribution is -2.28. The van der Waals surface area contributed by atoms with E-state index >= 15 is 0 Å². The zero-order valence-corrected chi connectivity index (χ0v) is 11.7. The topological polar surface area (TPSA) is 74.2 Å². The van der Waals surface area contributed by atoms with Crippen LogP contribution in [0.15, 0.2) is 28.8 Å². The number of benzene rings is 1. The van der Waals surface area contributed by atoms with Crippen molar-refractivity contribution in [3.05, 3.63) is 41.5 Å². The fourth-order valence-corrected chi connectivity index (χ4v) is 2.25. The number of nitrogens with two attached hydrogens (primary N) is 1. The van der Waals surface area contributed by atoms with Crippen molar-refractivity contribution >= 4 is 0 Å². The van der Waals surface area contributed by atoms with Crippen molar-refractivity contribution in [1.29, 1.82) is 0 Å². The molecule has 1 aliphatic rings. The predicted octanol–water partition coefficient (Wildman–Crippen LogP) is 2.27. The Bertz CT molecular complexity index is 569. The number of hydrogen-bond acceptors (Lipinski definition) is 5. The molecule has 1 aliphatic heterocycles. The first kappa shape index (κ1) is 13.1. The van der Waals surface area contributed by atoms with Gasteiger partial charge in [-0.15, -0.1) is 0 Å². The molecule has 106 valence electrons. The minimum atomic E-state index is -0.153. The Morgan fingerprint density at radius 1 is 1.35 bits per heavy atom. The van der Waals surface area contributed by atoms with E-state index < -0.39 is 0 Å². The lowest BCUT2D eigenvalue weighted by molar-refractivity contribution is 0.221. The summed E-state index contributed by atoms with van der Waals surface area (Å²) in [5.74, 6) is 2.48. The molecule has 3 rings (SSSR count). The van der Waals surface area contributed by atoms with Crippen LogP contribution in [0, 0.1) is 5.92 Å². The summed E-state index contributed by atoms with van der Waals surface area (Å²) in [5.41, 5.74) is 7.20. The van der Waals surface area contributed by atoms with Crippen LogP contribution in [0.3, 0.4) is 0 Å². The van der Waals surface area contributed by atoms with Gasteiger partial charge in [0.15, 0.2) is 6.10 Å². The molecule has 0 saturated heterocycles. The first-order chi connectivity index (χ1) is 9.63. The normalized spacial score (nSPS) is 18.9. The maximum absolute atomic E-state index is 6.02. The summed E-state index contributed by atoms with van der Waals surface area (Å²) in [6.07, 6.45) is 1.23. The van der Waals surface area contributed by atoms with E-state index in [2.05, 4.69) is 30.1 Å². The maximum atomic E-state index is 6.02. The van der Waals surface area contributed by atoms with Gasteiger partial charge < -0.3 is 15.0 Å². The van der Waals surface area contributed by atoms with Crippen LogP contribution in [0.2, 0.25) is 0 Å². The Morgan fingerprint density at radius 2 is 2.15 bits per heavy atom. The van der Waals surface area contributed by atoms with Crippen LogP contribution in [0.4, 0.5) is 0 Å². The van der Waals surface area contributed by atoms with Crippen LogP contribution in [-0.2, 0) is 12.8 Å². The fourth-order valence-electron chi connectivity index (χ4n) is 2.25. The number of nitrogens with zero attached hydrogens (tertiary/aromatic N) is 2. The molecule has 20 heavy (non-hydrogen) atoms. The molecule has 2 N–H and O–H groups in total. The third-order valence-corrected chi connectivity index (χ3v) is 3.69. The van der Waals surface area contributed by atoms with E-state index in [1.807, 2.05) is 18.2 Å². The number of fused-ring (bicyclic) bond motifs is 1. The Balaban J connectivity index is 1.70. The molecule has 0 fully saturated rings. The first-order valence-corrected chi connectivity index (χ1v) is 6.96. The molecule has 0 spiro atoms. The van der Waals surface area contributed by atoms with Gasteiger partial charge in [0.1, 0.15) is 5.75 Å². The molecule has 0 aliphatic carbocycles. The average Bonchev–Trinajstić information content (AvgIpc) is 3.03. The largest absolute Gasteiger partial charge is 0.482 e. The molecular weight excluding hydrogens is 254 g/mol. The molecule has 1 aromatic carbocycles. The Labute approximate surface area is 118 Å². The Hall–Kier alpha value is -1.88. The number of aromatic nitrogens is 2. The molecule has 5 heteroatoms. The van der Waals surface area contributed by atoms with Gasteiger partial charge >= 0.3 is 0 Å². The van der Waals surface area contributed by atoms with Gasteiger partial charge in [-0.25, -0.2) is 0 Å². The molecule has 2 heterocycles. The highest BCUT2D eigenvalue weighted by Gasteiger charge is 2.28. The predicted molar refractivity (Wildman–Crippen MR) is 74.3 cm³/mol. The maximum Gasteiger partial charge on any atom is 0.228 e. The second-order valence-corrected chi connectivity index (χ2v) is 5.58. The number of rotatable bonds is 4. The summed E-state index contributed by atoms with van der Waals surface area (Å²) in [7, 11) is 0. The van der Waals surface area contributed by atoms with E-state index in [0.29, 0.717) is 24.1 Å². The molecule has 0 bridgehead atoms. The molecule has 0 radical (unpaired) electrons. The third-order valence-electron chi connectivity index (χ3n) is 3.69. The monoisotopic (exact) mass is 273 g/mol. The SMILES string of the molecule is CC(C)C(N)Cc1nc(C2Cc3ccccc3O2)no1. The van der Waals surface area contributed by atoms with Crippen molar-refractivity contribution in [2.24, 2.45) is 11.7 Å². The summed E-state index contributed by atoms with van der Waals surface area (Å²) >= 11 is 0. The summed E-state index contributed by atoms with van der Waals surface area (Å²) < 4.78 is 11.1. The molecule has 2 atom stereocenters. The van der Waals surface area contributed by atoms with Gasteiger partial charge in [-0.1, -0.05) is 37.2 Å². The molecular formula is C15H19N3O2. The van der Waals surface area contributed by atoms with Gasteiger partial charge in [0.2, 0.25) is 11.7 Å². The summed E-state index contributed by atoms with van der Waals surface area (Å²) in [6, 6.07) is 8.03. The number of hydrogen-bond donors (Lipinski definition) is 1. The van der Waals surface area contributed by atoms with Gasteiger partial charge in [0.05, 0.1) is 0 Å². The van der Waals surface area contributed by atoms with Crippen molar-refractivity contribution in [2.75, 3.05) is 0 Å². The second kappa shape index (κ2) is 5.25. The van der Waals surface area contributed by atoms with Gasteiger partial charge in [0.25, 0.3) is 0 Å². The zero-order valence-electron chi connectivity index (χ0n) is 11.7. The minimum Gasteiger partial charge on any atom is -0.482 e. The number of para-hydroxylation sites is 1. The van der Waals surface area contributed by atoms with Crippen LogP contribution >= 0.6 is 0 Å². The van der Waals surface area contributed by atoms with Gasteiger partial charge in [-0.3, -0.25) is 0 Å². The van der Waals surface area contributed by atoms with Crippen molar-refractivity contribution in [3.63, 3.8) is 0 Å². The van der Waals surface area contributed by atoms with Crippen LogP contribution in [0.5, 0.6) is 5.75 Å². The first-order valence-electron chi connectivity index (χ1n) is 6.96. The molecule has 1 aromatic heterocycles. The van der Waals surface area contributed by atoms with Gasteiger partial charge in [-0.05, 0) is 17.5 Å². The Morgan fingerprint density at radius 3 is 2.90 bits per heavy atom. The fraction of sp³-hybridized carbons (Fsp3) is 0.467. The van der Waals surface area contributed by atoms with Crippen LogP contribution in [-0.4, -0.2) is 16.2 Å². The van der Waals surface area contributed by atoms with Crippen molar-refractivity contribution in [1.82, 2.24) is 10.1 Å². The highest BCUT2D eigenvalue weighted by Crippen LogP contribution is 2.35. The van der Waals surface area contributed by atoms with Crippen molar-refractivity contribution in [3.8, 4) is 5.75 Å². The molecule has 2 aromatic rings. The third kappa shape index (κ3) is 2.54. The van der Waals surface area contributed by atoms with Crippen LogP contribution in [0.25, 0.3) is 0 Å². The van der Waals surface area contributed by atoms with E-state index in [4.69, 9.17) is 15.0 Å². The highest BCUT2D eigenvalue weighted by molar-refractivity contribution is 5.37. The average molecular weight is 273 g/mol. The quantitative estimate of drug-likeness (QED) is 0.925. The van der Waals surface area contributed by atoms with Crippen molar-refractivity contribution < 1.29 is 9.26 Å². The van der Waals surface area contributed by atoms with Crippen molar-refractivity contribution in [2.45, 2.75) is 38.8 Å². The summed E-state index contributed by atoms with van der Waals surface area (Å²) in [5, 5.41) is 4.03. The smallest absolute Gasteiger partial charge is 0.228 e. The summed E-state index contributed by atoms with van der Waals surface area (Å²) in [4.78, 5) is 4.41. The zero-order chi connectivity index (χ0) is 14.1. The lowest BCUT2D eigenvalue weighted by atomic mass is 10.0. The summed E-state index contributed by atoms with van der Waals surface area (Å²) in [6.45, 7) is 4.16. The molecule has 2 unspecified atom stereocenters. The van der Waals surface area contributed by atoms with E-state index in [9.17, 15) is 0 Å². The van der Waals surface area contributed by atoms with Gasteiger partial charge in [0, 0.05) is 18.9 Å². The number of ether oxygens (including phenoxy) is 1. The van der Waals surface area contributed by atoms with Gasteiger partial charge in [-0.2, -0.15) is 4.98 Å². The standard InChI is InChI=1S/C15H19N3O2/c1-9(2)11(16)8-14-17-15(18-20-14)13-7-10-5-3-4-6-12(10)19-13/h3-6,9,11,13H,7-8,16H2,1-2H3. The molecule has 0 amide bonds. The van der Waals surface area contributed by atoms with E-state index in [1.54, 1.807) is 0 Å². The van der Waals surface area contributed by atoms with Crippen LogP contribution < -0.4 is 10.5 Å². The molecule has 5 nitrogen and oxygen atoms in total. The van der Waals surface area contributed by atoms with E-state index in [1.165, 1.54) is 5.56 Å². The minimum absolute atomic E-state index is 0.0324. The van der Waals surface area contributed by atoms with E-state index in [0.717, 1.165) is 12.2 Å². The second-order valence-electron chi connectivity index (χ2n) is 5.58. The Kier molecular flexibility index (Phi) is 3.44. The highest BCUT2D eigenvalue weighted by atomic mass is 16.5.